The monoisotopic (exact) mass is 328 g/mol. The second-order valence-electron chi connectivity index (χ2n) is 5.60. The number of alkyl halides is 3. The highest BCUT2D eigenvalue weighted by atomic mass is 19.4. The van der Waals surface area contributed by atoms with E-state index in [4.69, 9.17) is 4.74 Å². The molecule has 124 valence electrons. The predicted octanol–water partition coefficient (Wildman–Crippen LogP) is 1.82. The number of amides is 2. The fourth-order valence-electron chi connectivity index (χ4n) is 2.93. The van der Waals surface area contributed by atoms with Crippen molar-refractivity contribution in [3.8, 4) is 5.75 Å². The Morgan fingerprint density at radius 3 is 2.78 bits per heavy atom. The highest BCUT2D eigenvalue weighted by Gasteiger charge is 2.42. The molecule has 0 unspecified atom stereocenters. The molecule has 0 aromatic heterocycles. The van der Waals surface area contributed by atoms with Crippen LogP contribution in [0.25, 0.3) is 0 Å². The number of fused-ring (bicyclic) bond motifs is 1. The molecule has 5 nitrogen and oxygen atoms in total. The first-order chi connectivity index (χ1) is 10.8. The van der Waals surface area contributed by atoms with Crippen molar-refractivity contribution in [3.63, 3.8) is 0 Å². The van der Waals surface area contributed by atoms with E-state index in [9.17, 15) is 22.8 Å². The van der Waals surface area contributed by atoms with Crippen molar-refractivity contribution in [1.29, 1.82) is 0 Å². The van der Waals surface area contributed by atoms with E-state index in [1.54, 1.807) is 24.3 Å². The third-order valence-corrected chi connectivity index (χ3v) is 3.93. The van der Waals surface area contributed by atoms with E-state index in [1.807, 2.05) is 0 Å². The molecule has 1 atom stereocenters. The Labute approximate surface area is 130 Å². The van der Waals surface area contributed by atoms with Crippen LogP contribution in [-0.4, -0.2) is 49.1 Å². The number of hydrogen-bond acceptors (Lipinski definition) is 3. The quantitative estimate of drug-likeness (QED) is 0.832. The Morgan fingerprint density at radius 2 is 2.04 bits per heavy atom. The summed E-state index contributed by atoms with van der Waals surface area (Å²) in [5, 5.41) is 0. The normalized spacial score (nSPS) is 21.2. The van der Waals surface area contributed by atoms with Gasteiger partial charge in [-0.2, -0.15) is 13.2 Å². The van der Waals surface area contributed by atoms with Gasteiger partial charge in [-0.3, -0.25) is 9.59 Å². The molecular formula is C15H15F3N2O3. The van der Waals surface area contributed by atoms with Crippen molar-refractivity contribution in [1.82, 2.24) is 4.90 Å². The average molecular weight is 328 g/mol. The van der Waals surface area contributed by atoms with Crippen molar-refractivity contribution < 1.29 is 27.5 Å². The summed E-state index contributed by atoms with van der Waals surface area (Å²) in [6, 6.07) is 6.97. The number of hydrogen-bond donors (Lipinski definition) is 0. The van der Waals surface area contributed by atoms with E-state index in [1.165, 1.54) is 4.90 Å². The van der Waals surface area contributed by atoms with Gasteiger partial charge < -0.3 is 14.5 Å². The molecule has 2 heterocycles. The number of anilines is 1. The summed E-state index contributed by atoms with van der Waals surface area (Å²) in [7, 11) is 0. The van der Waals surface area contributed by atoms with Crippen LogP contribution in [-0.2, 0) is 9.59 Å². The number of para-hydroxylation sites is 2. The number of ether oxygens (including phenoxy) is 1. The number of carbonyl (C=O) groups excluding carboxylic acids is 2. The maximum Gasteiger partial charge on any atom is 0.406 e. The summed E-state index contributed by atoms with van der Waals surface area (Å²) in [4.78, 5) is 26.6. The Balaban J connectivity index is 1.74. The zero-order valence-electron chi connectivity index (χ0n) is 12.2. The Hall–Kier alpha value is -2.25. The van der Waals surface area contributed by atoms with E-state index < -0.39 is 24.5 Å². The zero-order valence-corrected chi connectivity index (χ0v) is 12.2. The standard InChI is InChI=1S/C15H15F3N2O3/c16-15(17,18)9-19-8-10(7-13(19)21)14(22)20-5-6-23-12-4-2-1-3-11(12)20/h1-4,10H,5-9H2/t10-/m0/s1. The number of benzene rings is 1. The van der Waals surface area contributed by atoms with Gasteiger partial charge >= 0.3 is 6.18 Å². The molecule has 1 aromatic carbocycles. The van der Waals surface area contributed by atoms with Crippen LogP contribution >= 0.6 is 0 Å². The molecule has 0 saturated carbocycles. The molecule has 0 bridgehead atoms. The van der Waals surface area contributed by atoms with Crippen LogP contribution in [0.4, 0.5) is 18.9 Å². The lowest BCUT2D eigenvalue weighted by molar-refractivity contribution is -0.157. The maximum absolute atomic E-state index is 12.6. The molecule has 0 spiro atoms. The smallest absolute Gasteiger partial charge is 0.406 e. The molecule has 3 rings (SSSR count). The molecule has 2 aliphatic heterocycles. The van der Waals surface area contributed by atoms with Crippen LogP contribution in [0.5, 0.6) is 5.75 Å². The summed E-state index contributed by atoms with van der Waals surface area (Å²) in [6.07, 6.45) is -4.65. The van der Waals surface area contributed by atoms with Crippen molar-refractivity contribution >= 4 is 17.5 Å². The number of nitrogens with zero attached hydrogens (tertiary/aromatic N) is 2. The van der Waals surface area contributed by atoms with Crippen molar-refractivity contribution in [2.75, 3.05) is 31.1 Å². The molecule has 2 amide bonds. The molecule has 1 aromatic rings. The molecule has 0 N–H and O–H groups in total. The fraction of sp³-hybridized carbons (Fsp3) is 0.467. The molecule has 1 saturated heterocycles. The maximum atomic E-state index is 12.6. The second-order valence-corrected chi connectivity index (χ2v) is 5.60. The van der Waals surface area contributed by atoms with Crippen molar-refractivity contribution in [3.05, 3.63) is 24.3 Å². The van der Waals surface area contributed by atoms with E-state index in [-0.39, 0.29) is 18.9 Å². The van der Waals surface area contributed by atoms with Crippen LogP contribution in [0.2, 0.25) is 0 Å². The van der Waals surface area contributed by atoms with Crippen LogP contribution in [0.1, 0.15) is 6.42 Å². The molecule has 0 aliphatic carbocycles. The van der Waals surface area contributed by atoms with Gasteiger partial charge in [0, 0.05) is 13.0 Å². The van der Waals surface area contributed by atoms with Crippen molar-refractivity contribution in [2.24, 2.45) is 5.92 Å². The average Bonchev–Trinajstić information content (AvgIpc) is 2.85. The van der Waals surface area contributed by atoms with Gasteiger partial charge in [0.05, 0.1) is 18.2 Å². The van der Waals surface area contributed by atoms with Crippen LogP contribution in [0.3, 0.4) is 0 Å². The minimum Gasteiger partial charge on any atom is -0.490 e. The fourth-order valence-corrected chi connectivity index (χ4v) is 2.93. The van der Waals surface area contributed by atoms with Gasteiger partial charge in [0.1, 0.15) is 18.9 Å². The van der Waals surface area contributed by atoms with Crippen molar-refractivity contribution in [2.45, 2.75) is 12.6 Å². The lowest BCUT2D eigenvalue weighted by Gasteiger charge is -2.31. The molecule has 2 aliphatic rings. The SMILES string of the molecule is O=C1C[C@H](C(=O)N2CCOc3ccccc32)CN1CC(F)(F)F. The number of likely N-dealkylation sites (tertiary alicyclic amines) is 1. The van der Waals surface area contributed by atoms with Gasteiger partial charge in [-0.05, 0) is 12.1 Å². The van der Waals surface area contributed by atoms with Gasteiger partial charge in [-0.1, -0.05) is 12.1 Å². The van der Waals surface area contributed by atoms with Gasteiger partial charge in [0.25, 0.3) is 0 Å². The number of carbonyl (C=O) groups is 2. The lowest BCUT2D eigenvalue weighted by Crippen LogP contribution is -2.42. The zero-order chi connectivity index (χ0) is 16.6. The van der Waals surface area contributed by atoms with Crippen LogP contribution < -0.4 is 9.64 Å². The minimum absolute atomic E-state index is 0.186. The Kier molecular flexibility index (Phi) is 3.91. The van der Waals surface area contributed by atoms with Gasteiger partial charge in [-0.25, -0.2) is 0 Å². The summed E-state index contributed by atoms with van der Waals surface area (Å²) in [5.74, 6) is -1.17. The van der Waals surface area contributed by atoms with E-state index in [2.05, 4.69) is 0 Å². The Bertz CT molecular complexity index is 633. The molecular weight excluding hydrogens is 313 g/mol. The van der Waals surface area contributed by atoms with E-state index in [0.29, 0.717) is 29.5 Å². The van der Waals surface area contributed by atoms with E-state index in [0.717, 1.165) is 0 Å². The summed E-state index contributed by atoms with van der Waals surface area (Å²) in [5.41, 5.74) is 0.588. The number of rotatable bonds is 2. The lowest BCUT2D eigenvalue weighted by atomic mass is 10.1. The summed E-state index contributed by atoms with van der Waals surface area (Å²) >= 11 is 0. The summed E-state index contributed by atoms with van der Waals surface area (Å²) < 4.78 is 42.8. The third-order valence-electron chi connectivity index (χ3n) is 3.93. The Morgan fingerprint density at radius 1 is 1.30 bits per heavy atom. The van der Waals surface area contributed by atoms with Crippen LogP contribution in [0.15, 0.2) is 24.3 Å². The minimum atomic E-state index is -4.46. The van der Waals surface area contributed by atoms with Gasteiger partial charge in [0.15, 0.2) is 0 Å². The predicted molar refractivity (Wildman–Crippen MR) is 75.0 cm³/mol. The topological polar surface area (TPSA) is 49.9 Å². The summed E-state index contributed by atoms with van der Waals surface area (Å²) in [6.45, 7) is -0.874. The van der Waals surface area contributed by atoms with Gasteiger partial charge in [-0.15, -0.1) is 0 Å². The molecule has 8 heteroatoms. The first-order valence-corrected chi connectivity index (χ1v) is 7.23. The van der Waals surface area contributed by atoms with Gasteiger partial charge in [0.2, 0.25) is 11.8 Å². The third kappa shape index (κ3) is 3.25. The second kappa shape index (κ2) is 5.75. The molecule has 23 heavy (non-hydrogen) atoms. The molecule has 1 fully saturated rings. The molecule has 0 radical (unpaired) electrons. The van der Waals surface area contributed by atoms with E-state index >= 15 is 0 Å². The number of halogens is 3. The highest BCUT2D eigenvalue weighted by molar-refractivity contribution is 6.00. The van der Waals surface area contributed by atoms with Crippen LogP contribution in [0, 0.1) is 5.92 Å². The first-order valence-electron chi connectivity index (χ1n) is 7.23. The largest absolute Gasteiger partial charge is 0.490 e. The highest BCUT2D eigenvalue weighted by Crippen LogP contribution is 2.33. The first kappa shape index (κ1) is 15.6.